The molecule has 0 radical (unpaired) electrons. The van der Waals surface area contributed by atoms with E-state index in [-0.39, 0.29) is 17.1 Å². The highest BCUT2D eigenvalue weighted by Gasteiger charge is 2.16. The summed E-state index contributed by atoms with van der Waals surface area (Å²) in [5.74, 6) is -1.08. The summed E-state index contributed by atoms with van der Waals surface area (Å²) >= 11 is 2.00. The second-order valence-electron chi connectivity index (χ2n) is 3.91. The van der Waals surface area contributed by atoms with Crippen LogP contribution < -0.4 is 5.32 Å². The minimum Gasteiger partial charge on any atom is -0.478 e. The van der Waals surface area contributed by atoms with Crippen molar-refractivity contribution in [2.45, 2.75) is 13.3 Å². The standard InChI is InChI=1S/C12H11IN4O3/c1-2-9-15-10(17-16-9)11(18)14-8-4-3-6(13)5-7(8)12(19)20/h3-5H,2H2,1H3,(H,14,18)(H,19,20)(H,15,16,17). The summed E-state index contributed by atoms with van der Waals surface area (Å²) in [6.07, 6.45) is 0.629. The van der Waals surface area contributed by atoms with Gasteiger partial charge in [0.05, 0.1) is 11.3 Å². The van der Waals surface area contributed by atoms with E-state index in [0.29, 0.717) is 12.2 Å². The summed E-state index contributed by atoms with van der Waals surface area (Å²) in [5.41, 5.74) is 0.238. The number of aryl methyl sites for hydroxylation is 1. The SMILES string of the molecule is CCc1nc(C(=O)Nc2ccc(I)cc2C(=O)O)n[nH]1. The first-order chi connectivity index (χ1) is 9.51. The van der Waals surface area contributed by atoms with Crippen LogP contribution in [-0.4, -0.2) is 32.2 Å². The van der Waals surface area contributed by atoms with Crippen molar-refractivity contribution >= 4 is 40.2 Å². The third-order valence-electron chi connectivity index (χ3n) is 2.53. The van der Waals surface area contributed by atoms with Crippen LogP contribution in [0.5, 0.6) is 0 Å². The maximum atomic E-state index is 12.0. The van der Waals surface area contributed by atoms with E-state index in [9.17, 15) is 9.59 Å². The molecule has 3 N–H and O–H groups in total. The molecule has 0 spiro atoms. The van der Waals surface area contributed by atoms with Crippen molar-refractivity contribution in [1.29, 1.82) is 0 Å². The Morgan fingerprint density at radius 3 is 2.80 bits per heavy atom. The van der Waals surface area contributed by atoms with Gasteiger partial charge in [0.2, 0.25) is 5.82 Å². The number of anilines is 1. The molecule has 0 saturated heterocycles. The molecule has 0 fully saturated rings. The second kappa shape index (κ2) is 5.99. The van der Waals surface area contributed by atoms with Gasteiger partial charge >= 0.3 is 5.97 Å². The molecule has 7 nitrogen and oxygen atoms in total. The molecule has 2 aromatic rings. The van der Waals surface area contributed by atoms with E-state index in [1.165, 1.54) is 12.1 Å². The monoisotopic (exact) mass is 386 g/mol. The third kappa shape index (κ3) is 3.13. The first-order valence-electron chi connectivity index (χ1n) is 5.76. The van der Waals surface area contributed by atoms with Gasteiger partial charge in [-0.15, -0.1) is 5.10 Å². The number of carboxylic acids is 1. The number of nitrogens with one attached hydrogen (secondary N) is 2. The Morgan fingerprint density at radius 2 is 2.20 bits per heavy atom. The summed E-state index contributed by atoms with van der Waals surface area (Å²) in [7, 11) is 0. The van der Waals surface area contributed by atoms with Gasteiger partial charge < -0.3 is 10.4 Å². The van der Waals surface area contributed by atoms with Crippen molar-refractivity contribution in [2.75, 3.05) is 5.32 Å². The highest BCUT2D eigenvalue weighted by Crippen LogP contribution is 2.19. The first-order valence-corrected chi connectivity index (χ1v) is 6.84. The van der Waals surface area contributed by atoms with Crippen molar-refractivity contribution in [3.05, 3.63) is 39.0 Å². The smallest absolute Gasteiger partial charge is 0.337 e. The van der Waals surface area contributed by atoms with E-state index in [0.717, 1.165) is 3.57 Å². The first kappa shape index (κ1) is 14.4. The number of carboxylic acid groups (broad SMARTS) is 1. The Balaban J connectivity index is 2.25. The average molecular weight is 386 g/mol. The molecular formula is C12H11IN4O3. The van der Waals surface area contributed by atoms with Crippen LogP contribution >= 0.6 is 22.6 Å². The number of hydrogen-bond acceptors (Lipinski definition) is 4. The van der Waals surface area contributed by atoms with Gasteiger partial charge in [-0.05, 0) is 40.8 Å². The fourth-order valence-corrected chi connectivity index (χ4v) is 2.03. The maximum absolute atomic E-state index is 12.0. The lowest BCUT2D eigenvalue weighted by Crippen LogP contribution is -2.16. The molecule has 0 unspecified atom stereocenters. The molecule has 0 atom stereocenters. The highest BCUT2D eigenvalue weighted by molar-refractivity contribution is 14.1. The largest absolute Gasteiger partial charge is 0.478 e. The zero-order chi connectivity index (χ0) is 14.7. The van der Waals surface area contributed by atoms with Crippen LogP contribution in [0.1, 0.15) is 33.7 Å². The number of carbonyl (C=O) groups excluding carboxylic acids is 1. The predicted molar refractivity (Wildman–Crippen MR) is 79.8 cm³/mol. The van der Waals surface area contributed by atoms with Crippen molar-refractivity contribution in [3.8, 4) is 0 Å². The zero-order valence-electron chi connectivity index (χ0n) is 10.5. The molecule has 0 bridgehead atoms. The molecule has 1 aromatic heterocycles. The van der Waals surface area contributed by atoms with E-state index in [2.05, 4.69) is 20.5 Å². The van der Waals surface area contributed by atoms with Gasteiger partial charge in [0.25, 0.3) is 5.91 Å². The maximum Gasteiger partial charge on any atom is 0.337 e. The number of carbonyl (C=O) groups is 2. The van der Waals surface area contributed by atoms with Gasteiger partial charge in [0, 0.05) is 9.99 Å². The van der Waals surface area contributed by atoms with Crippen LogP contribution in [0.15, 0.2) is 18.2 Å². The number of nitrogens with zero attached hydrogens (tertiary/aromatic N) is 2. The van der Waals surface area contributed by atoms with Gasteiger partial charge in [-0.25, -0.2) is 9.78 Å². The van der Waals surface area contributed by atoms with E-state index in [1.807, 2.05) is 29.5 Å². The average Bonchev–Trinajstić information content (AvgIpc) is 2.89. The molecule has 0 aliphatic carbocycles. The van der Waals surface area contributed by atoms with Gasteiger partial charge in [-0.2, -0.15) is 0 Å². The third-order valence-corrected chi connectivity index (χ3v) is 3.20. The predicted octanol–water partition coefficient (Wildman–Crippen LogP) is 1.92. The number of halogens is 1. The molecule has 8 heteroatoms. The molecule has 104 valence electrons. The Labute approximate surface area is 127 Å². The van der Waals surface area contributed by atoms with Crippen LogP contribution in [-0.2, 0) is 6.42 Å². The zero-order valence-corrected chi connectivity index (χ0v) is 12.6. The molecular weight excluding hydrogens is 375 g/mol. The fourth-order valence-electron chi connectivity index (χ4n) is 1.54. The van der Waals surface area contributed by atoms with Crippen molar-refractivity contribution < 1.29 is 14.7 Å². The van der Waals surface area contributed by atoms with Gasteiger partial charge in [-0.3, -0.25) is 9.89 Å². The molecule has 1 aromatic carbocycles. The quantitative estimate of drug-likeness (QED) is 0.696. The second-order valence-corrected chi connectivity index (χ2v) is 5.15. The number of aromatic nitrogens is 3. The van der Waals surface area contributed by atoms with E-state index in [1.54, 1.807) is 6.07 Å². The molecule has 1 amide bonds. The normalized spacial score (nSPS) is 10.3. The Kier molecular flexibility index (Phi) is 4.32. The van der Waals surface area contributed by atoms with Crippen molar-refractivity contribution in [2.24, 2.45) is 0 Å². The van der Waals surface area contributed by atoms with Crippen LogP contribution in [0, 0.1) is 3.57 Å². The van der Waals surface area contributed by atoms with Gasteiger partial charge in [-0.1, -0.05) is 6.92 Å². The molecule has 20 heavy (non-hydrogen) atoms. The highest BCUT2D eigenvalue weighted by atomic mass is 127. The molecule has 0 aliphatic heterocycles. The minimum atomic E-state index is -1.11. The summed E-state index contributed by atoms with van der Waals surface area (Å²) in [4.78, 5) is 27.1. The lowest BCUT2D eigenvalue weighted by atomic mass is 10.2. The van der Waals surface area contributed by atoms with E-state index >= 15 is 0 Å². The lowest BCUT2D eigenvalue weighted by Gasteiger charge is -2.07. The van der Waals surface area contributed by atoms with Crippen molar-refractivity contribution in [1.82, 2.24) is 15.2 Å². The summed E-state index contributed by atoms with van der Waals surface area (Å²) in [6.45, 7) is 1.88. The fraction of sp³-hybridized carbons (Fsp3) is 0.167. The number of amides is 1. The van der Waals surface area contributed by atoms with E-state index < -0.39 is 11.9 Å². The number of H-pyrrole nitrogens is 1. The van der Waals surface area contributed by atoms with Gasteiger partial charge in [0.1, 0.15) is 5.82 Å². The molecule has 0 saturated carbocycles. The topological polar surface area (TPSA) is 108 Å². The number of aromatic carboxylic acids is 1. The Bertz CT molecular complexity index is 668. The summed E-state index contributed by atoms with van der Waals surface area (Å²) in [6, 6.07) is 4.72. The summed E-state index contributed by atoms with van der Waals surface area (Å²) < 4.78 is 0.768. The van der Waals surface area contributed by atoms with Gasteiger partial charge in [0.15, 0.2) is 0 Å². The van der Waals surface area contributed by atoms with Crippen LogP contribution in [0.3, 0.4) is 0 Å². The number of rotatable bonds is 4. The number of benzene rings is 1. The lowest BCUT2D eigenvalue weighted by molar-refractivity contribution is 0.0698. The number of hydrogen-bond donors (Lipinski definition) is 3. The number of aromatic amines is 1. The molecule has 1 heterocycles. The Morgan fingerprint density at radius 1 is 1.45 bits per heavy atom. The van der Waals surface area contributed by atoms with Crippen LogP contribution in [0.2, 0.25) is 0 Å². The molecule has 2 rings (SSSR count). The summed E-state index contributed by atoms with van der Waals surface area (Å²) in [5, 5.41) is 18.0. The Hall–Kier alpha value is -1.97. The molecule has 0 aliphatic rings. The van der Waals surface area contributed by atoms with E-state index in [4.69, 9.17) is 5.11 Å². The van der Waals surface area contributed by atoms with Crippen LogP contribution in [0.4, 0.5) is 5.69 Å². The minimum absolute atomic E-state index is 0.0169. The van der Waals surface area contributed by atoms with Crippen LogP contribution in [0.25, 0.3) is 0 Å². The van der Waals surface area contributed by atoms with Crippen molar-refractivity contribution in [3.63, 3.8) is 0 Å².